The van der Waals surface area contributed by atoms with Gasteiger partial charge in [0.25, 0.3) is 0 Å². The third-order valence-electron chi connectivity index (χ3n) is 5.46. The van der Waals surface area contributed by atoms with Crippen LogP contribution in [-0.2, 0) is 9.53 Å². The molecule has 0 aromatic carbocycles. The molecule has 2 aliphatic heterocycles. The lowest BCUT2D eigenvalue weighted by molar-refractivity contribution is -0.137. The summed E-state index contributed by atoms with van der Waals surface area (Å²) in [6.07, 6.45) is 8.91. The zero-order chi connectivity index (χ0) is 16.5. The van der Waals surface area contributed by atoms with Gasteiger partial charge in [-0.3, -0.25) is 9.69 Å². The number of nitrogens with zero attached hydrogens (tertiary/aromatic N) is 2. The molecule has 1 atom stereocenters. The standard InChI is InChI=1S/C18H34N2O3/c1-23-13-7-9-18(16-21)8-6-12-20(15-18)17(22)14-19-10-4-2-3-5-11-19/h21H,2-16H2,1H3. The minimum absolute atomic E-state index is 0.120. The second-order valence-corrected chi connectivity index (χ2v) is 7.36. The number of aliphatic hydroxyl groups is 1. The molecule has 2 fully saturated rings. The highest BCUT2D eigenvalue weighted by Gasteiger charge is 2.36. The maximum Gasteiger partial charge on any atom is 0.236 e. The predicted octanol–water partition coefficient (Wildman–Crippen LogP) is 1.89. The summed E-state index contributed by atoms with van der Waals surface area (Å²) in [5, 5.41) is 9.91. The van der Waals surface area contributed by atoms with E-state index in [4.69, 9.17) is 4.74 Å². The Kier molecular flexibility index (Phi) is 7.80. The molecule has 134 valence electrons. The largest absolute Gasteiger partial charge is 0.396 e. The number of rotatable bonds is 7. The summed E-state index contributed by atoms with van der Waals surface area (Å²) in [5.74, 6) is 0.246. The molecule has 1 N–H and O–H groups in total. The Bertz CT molecular complexity index is 356. The van der Waals surface area contributed by atoms with Crippen LogP contribution in [0, 0.1) is 5.41 Å². The normalized spacial score (nSPS) is 27.0. The van der Waals surface area contributed by atoms with Gasteiger partial charge >= 0.3 is 0 Å². The fourth-order valence-electron chi connectivity index (χ4n) is 4.01. The first kappa shape index (κ1) is 18.7. The fraction of sp³-hybridized carbons (Fsp3) is 0.944. The monoisotopic (exact) mass is 326 g/mol. The van der Waals surface area contributed by atoms with E-state index in [1.165, 1.54) is 25.7 Å². The van der Waals surface area contributed by atoms with Crippen molar-refractivity contribution in [2.75, 3.05) is 53.0 Å². The number of piperidine rings is 1. The maximum absolute atomic E-state index is 12.7. The van der Waals surface area contributed by atoms with E-state index in [2.05, 4.69) is 4.90 Å². The summed E-state index contributed by atoms with van der Waals surface area (Å²) in [5.41, 5.74) is -0.120. The highest BCUT2D eigenvalue weighted by Crippen LogP contribution is 2.34. The quantitative estimate of drug-likeness (QED) is 0.726. The number of hydrogen-bond acceptors (Lipinski definition) is 4. The number of likely N-dealkylation sites (tertiary alicyclic amines) is 2. The van der Waals surface area contributed by atoms with E-state index in [9.17, 15) is 9.90 Å². The van der Waals surface area contributed by atoms with Crippen LogP contribution in [0.3, 0.4) is 0 Å². The Morgan fingerprint density at radius 1 is 1.13 bits per heavy atom. The third-order valence-corrected chi connectivity index (χ3v) is 5.46. The number of amides is 1. The molecule has 1 unspecified atom stereocenters. The topological polar surface area (TPSA) is 53.0 Å². The molecule has 2 aliphatic rings. The van der Waals surface area contributed by atoms with Crippen molar-refractivity contribution in [1.82, 2.24) is 9.80 Å². The van der Waals surface area contributed by atoms with E-state index in [0.29, 0.717) is 13.1 Å². The molecule has 0 aromatic rings. The predicted molar refractivity (Wildman–Crippen MR) is 91.4 cm³/mol. The Labute approximate surface area is 141 Å². The molecule has 2 heterocycles. The van der Waals surface area contributed by atoms with E-state index < -0.39 is 0 Å². The van der Waals surface area contributed by atoms with Crippen LogP contribution >= 0.6 is 0 Å². The van der Waals surface area contributed by atoms with Gasteiger partial charge in [-0.15, -0.1) is 0 Å². The second kappa shape index (κ2) is 9.60. The first-order valence-electron chi connectivity index (χ1n) is 9.29. The van der Waals surface area contributed by atoms with Gasteiger partial charge in [0.2, 0.25) is 5.91 Å². The van der Waals surface area contributed by atoms with Gasteiger partial charge in [0.05, 0.1) is 13.2 Å². The molecular weight excluding hydrogens is 292 g/mol. The van der Waals surface area contributed by atoms with Gasteiger partial charge in [-0.05, 0) is 51.6 Å². The van der Waals surface area contributed by atoms with Crippen molar-refractivity contribution in [3.8, 4) is 0 Å². The molecule has 0 spiro atoms. The molecule has 0 aromatic heterocycles. The molecule has 23 heavy (non-hydrogen) atoms. The summed E-state index contributed by atoms with van der Waals surface area (Å²) in [4.78, 5) is 17.0. The molecule has 5 heteroatoms. The minimum atomic E-state index is -0.120. The highest BCUT2D eigenvalue weighted by atomic mass is 16.5. The van der Waals surface area contributed by atoms with Gasteiger partial charge in [0, 0.05) is 32.2 Å². The first-order valence-corrected chi connectivity index (χ1v) is 9.29. The summed E-state index contributed by atoms with van der Waals surface area (Å²) in [7, 11) is 1.71. The van der Waals surface area contributed by atoms with Gasteiger partial charge in [0.15, 0.2) is 0 Å². The van der Waals surface area contributed by atoms with E-state index in [-0.39, 0.29) is 17.9 Å². The van der Waals surface area contributed by atoms with Crippen molar-refractivity contribution in [2.45, 2.75) is 51.4 Å². The number of methoxy groups -OCH3 is 1. The van der Waals surface area contributed by atoms with Crippen molar-refractivity contribution in [2.24, 2.45) is 5.41 Å². The van der Waals surface area contributed by atoms with Crippen molar-refractivity contribution in [1.29, 1.82) is 0 Å². The van der Waals surface area contributed by atoms with Crippen LogP contribution in [0.2, 0.25) is 0 Å². The van der Waals surface area contributed by atoms with Crippen LogP contribution in [0.15, 0.2) is 0 Å². The van der Waals surface area contributed by atoms with Gasteiger partial charge in [0.1, 0.15) is 0 Å². The van der Waals surface area contributed by atoms with Gasteiger partial charge in [-0.1, -0.05) is 12.8 Å². The number of carbonyl (C=O) groups excluding carboxylic acids is 1. The summed E-state index contributed by atoms with van der Waals surface area (Å²) < 4.78 is 5.14. The lowest BCUT2D eigenvalue weighted by Gasteiger charge is -2.42. The molecular formula is C18H34N2O3. The lowest BCUT2D eigenvalue weighted by atomic mass is 9.77. The van der Waals surface area contributed by atoms with Gasteiger partial charge in [-0.2, -0.15) is 0 Å². The van der Waals surface area contributed by atoms with E-state index >= 15 is 0 Å². The lowest BCUT2D eigenvalue weighted by Crippen LogP contribution is -2.50. The van der Waals surface area contributed by atoms with Gasteiger partial charge in [-0.25, -0.2) is 0 Å². The van der Waals surface area contributed by atoms with Crippen molar-refractivity contribution >= 4 is 5.91 Å². The molecule has 0 saturated carbocycles. The molecule has 2 rings (SSSR count). The average molecular weight is 326 g/mol. The fourth-order valence-corrected chi connectivity index (χ4v) is 4.01. The van der Waals surface area contributed by atoms with Crippen LogP contribution < -0.4 is 0 Å². The zero-order valence-electron chi connectivity index (χ0n) is 14.8. The SMILES string of the molecule is COCCCC1(CO)CCCN(C(=O)CN2CCCCCC2)C1. The molecule has 0 bridgehead atoms. The number of aliphatic hydroxyl groups excluding tert-OH is 1. The minimum Gasteiger partial charge on any atom is -0.396 e. The highest BCUT2D eigenvalue weighted by molar-refractivity contribution is 5.78. The van der Waals surface area contributed by atoms with Crippen molar-refractivity contribution < 1.29 is 14.6 Å². The van der Waals surface area contributed by atoms with Crippen LogP contribution in [-0.4, -0.2) is 73.9 Å². The summed E-state index contributed by atoms with van der Waals surface area (Å²) in [6.45, 7) is 5.11. The van der Waals surface area contributed by atoms with Gasteiger partial charge < -0.3 is 14.7 Å². The van der Waals surface area contributed by atoms with Crippen LogP contribution in [0.4, 0.5) is 0 Å². The maximum atomic E-state index is 12.7. The molecule has 0 radical (unpaired) electrons. The number of carbonyl (C=O) groups is 1. The summed E-state index contributed by atoms with van der Waals surface area (Å²) >= 11 is 0. The Morgan fingerprint density at radius 3 is 2.52 bits per heavy atom. The third kappa shape index (κ3) is 5.73. The number of hydrogen-bond donors (Lipinski definition) is 1. The van der Waals surface area contributed by atoms with Crippen molar-refractivity contribution in [3.05, 3.63) is 0 Å². The molecule has 2 saturated heterocycles. The van der Waals surface area contributed by atoms with Crippen molar-refractivity contribution in [3.63, 3.8) is 0 Å². The summed E-state index contributed by atoms with van der Waals surface area (Å²) in [6, 6.07) is 0. The van der Waals surface area contributed by atoms with E-state index in [1.807, 2.05) is 4.90 Å². The Hall–Kier alpha value is -0.650. The molecule has 0 aliphatic carbocycles. The Morgan fingerprint density at radius 2 is 1.87 bits per heavy atom. The average Bonchev–Trinajstić information content (AvgIpc) is 2.84. The smallest absolute Gasteiger partial charge is 0.236 e. The molecule has 1 amide bonds. The zero-order valence-corrected chi connectivity index (χ0v) is 14.8. The van der Waals surface area contributed by atoms with E-state index in [0.717, 1.165) is 51.9 Å². The molecule has 5 nitrogen and oxygen atoms in total. The Balaban J connectivity index is 1.86. The van der Waals surface area contributed by atoms with Crippen LogP contribution in [0.5, 0.6) is 0 Å². The number of ether oxygens (including phenoxy) is 1. The van der Waals surface area contributed by atoms with E-state index in [1.54, 1.807) is 7.11 Å². The second-order valence-electron chi connectivity index (χ2n) is 7.36. The van der Waals surface area contributed by atoms with Crippen LogP contribution in [0.1, 0.15) is 51.4 Å². The van der Waals surface area contributed by atoms with Crippen LogP contribution in [0.25, 0.3) is 0 Å². The first-order chi connectivity index (χ1) is 11.2.